The van der Waals surface area contributed by atoms with Gasteiger partial charge >= 0.3 is 13.5 Å². The first-order valence-corrected chi connectivity index (χ1v) is 10.2. The Kier molecular flexibility index (Phi) is 9.69. The summed E-state index contributed by atoms with van der Waals surface area (Å²) in [5.74, 6) is 0.00356. The van der Waals surface area contributed by atoms with Gasteiger partial charge in [0.1, 0.15) is 18.1 Å². The number of carbonyl (C=O) groups excluding carboxylic acids is 1. The van der Waals surface area contributed by atoms with Crippen LogP contribution in [0.5, 0.6) is 5.75 Å². The van der Waals surface area contributed by atoms with Crippen LogP contribution in [0.15, 0.2) is 30.3 Å². The molecule has 0 aromatic heterocycles. The molecule has 0 heterocycles. The lowest BCUT2D eigenvalue weighted by Gasteiger charge is -2.23. The van der Waals surface area contributed by atoms with Gasteiger partial charge in [0, 0.05) is 6.61 Å². The summed E-state index contributed by atoms with van der Waals surface area (Å²) in [6.07, 6.45) is 2.49. The Morgan fingerprint density at radius 1 is 1.17 bits per heavy atom. The molecule has 0 aliphatic rings. The molecular weight excluding hydrogens is 329 g/mol. The summed E-state index contributed by atoms with van der Waals surface area (Å²) in [7, 11) is -3.40. The third-order valence-corrected chi connectivity index (χ3v) is 4.90. The number of nitrogens with one attached hydrogen (secondary N) is 1. The van der Waals surface area contributed by atoms with Crippen LogP contribution in [0, 0.1) is 0 Å². The minimum atomic E-state index is -3.40. The zero-order valence-corrected chi connectivity index (χ0v) is 15.6. The fraction of sp³-hybridized carbons (Fsp3) is 0.588. The number of hydrogen-bond acceptors (Lipinski definition) is 5. The van der Waals surface area contributed by atoms with Gasteiger partial charge < -0.3 is 14.0 Å². The van der Waals surface area contributed by atoms with Crippen LogP contribution in [0.1, 0.15) is 40.0 Å². The number of benzene rings is 1. The normalized spacial score (nSPS) is 14.6. The molecule has 6 nitrogen and oxygen atoms in total. The monoisotopic (exact) mass is 357 g/mol. The highest BCUT2D eigenvalue weighted by atomic mass is 31.2. The largest absolute Gasteiger partial charge is 0.465 e. The van der Waals surface area contributed by atoms with Gasteiger partial charge in [-0.05, 0) is 31.9 Å². The first-order chi connectivity index (χ1) is 11.5. The van der Waals surface area contributed by atoms with Crippen molar-refractivity contribution >= 4 is 13.5 Å². The number of rotatable bonds is 12. The molecule has 0 unspecified atom stereocenters. The lowest BCUT2D eigenvalue weighted by atomic mass is 10.3. The molecule has 1 N–H and O–H groups in total. The third kappa shape index (κ3) is 7.95. The van der Waals surface area contributed by atoms with E-state index in [1.54, 1.807) is 31.2 Å². The molecule has 2 atom stereocenters. The van der Waals surface area contributed by atoms with Gasteiger partial charge in [0.25, 0.3) is 0 Å². The Morgan fingerprint density at radius 2 is 1.88 bits per heavy atom. The van der Waals surface area contributed by atoms with Gasteiger partial charge in [-0.25, -0.2) is 5.09 Å². The molecular formula is C17H28NO5P. The van der Waals surface area contributed by atoms with Crippen molar-refractivity contribution in [3.8, 4) is 5.75 Å². The SMILES string of the molecule is CCCCOC[P@@](=O)(N[C@@H](C)C(=O)OCCC)Oc1ccccc1. The topological polar surface area (TPSA) is 73.9 Å². The summed E-state index contributed by atoms with van der Waals surface area (Å²) in [6.45, 7) is 6.39. The van der Waals surface area contributed by atoms with E-state index in [0.29, 0.717) is 19.0 Å². The minimum absolute atomic E-state index is 0.104. The molecule has 24 heavy (non-hydrogen) atoms. The summed E-state index contributed by atoms with van der Waals surface area (Å²) in [6, 6.07) is 8.09. The van der Waals surface area contributed by atoms with Crippen molar-refractivity contribution < 1.29 is 23.4 Å². The second-order valence-corrected chi connectivity index (χ2v) is 7.53. The van der Waals surface area contributed by atoms with Gasteiger partial charge in [-0.15, -0.1) is 0 Å². The first kappa shape index (κ1) is 20.7. The number of para-hydroxylation sites is 1. The lowest BCUT2D eigenvalue weighted by Crippen LogP contribution is -2.35. The molecule has 7 heteroatoms. The molecule has 0 saturated heterocycles. The number of unbranched alkanes of at least 4 members (excludes halogenated alkanes) is 1. The molecule has 0 saturated carbocycles. The highest BCUT2D eigenvalue weighted by Crippen LogP contribution is 2.43. The zero-order valence-electron chi connectivity index (χ0n) is 14.7. The van der Waals surface area contributed by atoms with E-state index in [-0.39, 0.29) is 6.35 Å². The van der Waals surface area contributed by atoms with Crippen LogP contribution in [-0.4, -0.2) is 31.6 Å². The van der Waals surface area contributed by atoms with Crippen molar-refractivity contribution in [2.45, 2.75) is 46.1 Å². The Balaban J connectivity index is 2.72. The maximum atomic E-state index is 13.1. The van der Waals surface area contributed by atoms with Crippen molar-refractivity contribution in [2.75, 3.05) is 19.6 Å². The van der Waals surface area contributed by atoms with Gasteiger partial charge in [-0.2, -0.15) is 0 Å². The van der Waals surface area contributed by atoms with Crippen molar-refractivity contribution in [3.05, 3.63) is 30.3 Å². The van der Waals surface area contributed by atoms with E-state index in [2.05, 4.69) is 5.09 Å². The van der Waals surface area contributed by atoms with E-state index < -0.39 is 19.5 Å². The van der Waals surface area contributed by atoms with Crippen LogP contribution in [0.2, 0.25) is 0 Å². The van der Waals surface area contributed by atoms with Gasteiger partial charge in [0.2, 0.25) is 0 Å². The fourth-order valence-corrected chi connectivity index (χ4v) is 3.56. The summed E-state index contributed by atoms with van der Waals surface area (Å²) < 4.78 is 29.2. The first-order valence-electron chi connectivity index (χ1n) is 8.36. The second-order valence-electron chi connectivity index (χ2n) is 5.49. The number of esters is 1. The van der Waals surface area contributed by atoms with Gasteiger partial charge in [-0.1, -0.05) is 38.5 Å². The summed E-state index contributed by atoms with van der Waals surface area (Å²) in [5, 5.41) is 2.76. The molecule has 0 aliphatic heterocycles. The maximum absolute atomic E-state index is 13.1. The molecule has 1 aromatic carbocycles. The van der Waals surface area contributed by atoms with Crippen LogP contribution in [0.4, 0.5) is 0 Å². The third-order valence-electron chi connectivity index (χ3n) is 3.09. The van der Waals surface area contributed by atoms with Crippen molar-refractivity contribution in [1.82, 2.24) is 5.09 Å². The van der Waals surface area contributed by atoms with Crippen molar-refractivity contribution in [3.63, 3.8) is 0 Å². The van der Waals surface area contributed by atoms with E-state index >= 15 is 0 Å². The molecule has 0 fully saturated rings. The zero-order chi connectivity index (χ0) is 17.8. The summed E-state index contributed by atoms with van der Waals surface area (Å²) in [5.41, 5.74) is 0. The lowest BCUT2D eigenvalue weighted by molar-refractivity contribution is -0.145. The standard InChI is InChI=1S/C17H28NO5P/c1-4-6-13-21-14-24(20,23-16-10-8-7-9-11-16)18-15(3)17(19)22-12-5-2/h7-11,15H,4-6,12-14H2,1-3H3,(H,18,20)/t15-,24-/m0/s1. The van der Waals surface area contributed by atoms with Crippen molar-refractivity contribution in [1.29, 1.82) is 0 Å². The van der Waals surface area contributed by atoms with Gasteiger partial charge in [0.05, 0.1) is 6.61 Å². The second kappa shape index (κ2) is 11.2. The number of carbonyl (C=O) groups is 1. The van der Waals surface area contributed by atoms with Crippen LogP contribution in [0.25, 0.3) is 0 Å². The summed E-state index contributed by atoms with van der Waals surface area (Å²) in [4.78, 5) is 11.9. The molecule has 136 valence electrons. The average molecular weight is 357 g/mol. The van der Waals surface area contributed by atoms with Crippen molar-refractivity contribution in [2.24, 2.45) is 0 Å². The van der Waals surface area contributed by atoms with Crippen LogP contribution in [0.3, 0.4) is 0 Å². The quantitative estimate of drug-likeness (QED) is 0.347. The van der Waals surface area contributed by atoms with E-state index in [4.69, 9.17) is 14.0 Å². The Labute approximate surface area is 144 Å². The molecule has 1 aromatic rings. The van der Waals surface area contributed by atoms with Gasteiger partial charge in [-0.3, -0.25) is 9.36 Å². The molecule has 0 bridgehead atoms. The predicted octanol–water partition coefficient (Wildman–Crippen LogP) is 3.96. The van der Waals surface area contributed by atoms with Crippen LogP contribution in [-0.2, 0) is 18.8 Å². The average Bonchev–Trinajstić information content (AvgIpc) is 2.57. The van der Waals surface area contributed by atoms with E-state index in [1.807, 2.05) is 19.9 Å². The highest BCUT2D eigenvalue weighted by Gasteiger charge is 2.30. The van der Waals surface area contributed by atoms with E-state index in [1.165, 1.54) is 0 Å². The Hall–Kier alpha value is -1.36. The molecule has 0 aliphatic carbocycles. The molecule has 0 spiro atoms. The Bertz CT molecular complexity index is 523. The number of ether oxygens (including phenoxy) is 2. The van der Waals surface area contributed by atoms with Gasteiger partial charge in [0.15, 0.2) is 0 Å². The maximum Gasteiger partial charge on any atom is 0.342 e. The fourth-order valence-electron chi connectivity index (χ4n) is 1.85. The van der Waals surface area contributed by atoms with E-state index in [0.717, 1.165) is 19.3 Å². The van der Waals surface area contributed by atoms with E-state index in [9.17, 15) is 9.36 Å². The Morgan fingerprint density at radius 3 is 2.50 bits per heavy atom. The summed E-state index contributed by atoms with van der Waals surface area (Å²) >= 11 is 0. The molecule has 0 radical (unpaired) electrons. The van der Waals surface area contributed by atoms with Crippen LogP contribution < -0.4 is 9.61 Å². The highest BCUT2D eigenvalue weighted by molar-refractivity contribution is 7.57. The van der Waals surface area contributed by atoms with Crippen LogP contribution >= 0.6 is 7.52 Å². The predicted molar refractivity (Wildman–Crippen MR) is 94.3 cm³/mol. The number of hydrogen-bond donors (Lipinski definition) is 1. The molecule has 1 rings (SSSR count). The molecule has 0 amide bonds. The minimum Gasteiger partial charge on any atom is -0.465 e. The smallest absolute Gasteiger partial charge is 0.342 e.